The fourth-order valence-electron chi connectivity index (χ4n) is 1.67. The number of fused-ring (bicyclic) bond motifs is 1. The van der Waals surface area contributed by atoms with Crippen LogP contribution in [0.1, 0.15) is 0 Å². The maximum atomic E-state index is 11.1. The van der Waals surface area contributed by atoms with Crippen molar-refractivity contribution in [2.75, 3.05) is 7.11 Å². The van der Waals surface area contributed by atoms with Crippen molar-refractivity contribution in [2.24, 2.45) is 0 Å². The van der Waals surface area contributed by atoms with Crippen LogP contribution in [0.4, 0.5) is 9.59 Å². The average molecular weight is 268 g/mol. The average Bonchev–Trinajstić information content (AvgIpc) is 2.59. The van der Waals surface area contributed by atoms with Crippen molar-refractivity contribution in [1.82, 2.24) is 9.13 Å². The lowest BCUT2D eigenvalue weighted by Crippen LogP contribution is -2.12. The Labute approximate surface area is 105 Å². The minimum atomic E-state index is -1.35. The first-order valence-electron chi connectivity index (χ1n) is 4.75. The Kier molecular flexibility index (Phi) is 2.79. The van der Waals surface area contributed by atoms with Crippen molar-refractivity contribution >= 4 is 35.4 Å². The van der Waals surface area contributed by atoms with Crippen LogP contribution in [0, 0.1) is 4.77 Å². The lowest BCUT2D eigenvalue weighted by Gasteiger charge is -2.00. The first-order valence-corrected chi connectivity index (χ1v) is 5.16. The number of methoxy groups -OCH3 is 1. The molecule has 2 aromatic rings. The molecule has 0 saturated carbocycles. The lowest BCUT2D eigenvalue weighted by molar-refractivity contribution is 0.194. The monoisotopic (exact) mass is 268 g/mol. The summed E-state index contributed by atoms with van der Waals surface area (Å²) >= 11 is 4.85. The fraction of sp³-hybridized carbons (Fsp3) is 0.100. The summed E-state index contributed by atoms with van der Waals surface area (Å²) in [5.74, 6) is 0.412. The minimum Gasteiger partial charge on any atom is -0.497 e. The van der Waals surface area contributed by atoms with E-state index in [1.165, 1.54) is 25.3 Å². The Morgan fingerprint density at radius 2 is 1.72 bits per heavy atom. The number of aromatic nitrogens is 2. The number of hydrogen-bond acceptors (Lipinski definition) is 4. The van der Waals surface area contributed by atoms with Gasteiger partial charge in [0.05, 0.1) is 18.1 Å². The molecule has 1 aromatic heterocycles. The van der Waals surface area contributed by atoms with E-state index in [0.717, 1.165) is 9.13 Å². The SMILES string of the molecule is COc1ccc2c(c1)n(C(=O)O)c(=S)n2C(=O)O. The van der Waals surface area contributed by atoms with Gasteiger partial charge in [-0.25, -0.2) is 18.7 Å². The van der Waals surface area contributed by atoms with E-state index < -0.39 is 12.2 Å². The third kappa shape index (κ3) is 1.63. The van der Waals surface area contributed by atoms with Crippen LogP contribution in [0.5, 0.6) is 5.75 Å². The standard InChI is InChI=1S/C10H8N2O5S/c1-17-5-2-3-6-7(4-5)12(10(15)16)8(18)11(6)9(13)14/h2-4H,1H3,(H,13,14)(H,15,16). The summed E-state index contributed by atoms with van der Waals surface area (Å²) in [5, 5.41) is 18.1. The number of nitrogens with zero attached hydrogens (tertiary/aromatic N) is 2. The molecule has 1 aromatic carbocycles. The minimum absolute atomic E-state index is 0.161. The lowest BCUT2D eigenvalue weighted by atomic mass is 10.3. The third-order valence-corrected chi connectivity index (χ3v) is 2.79. The van der Waals surface area contributed by atoms with Crippen molar-refractivity contribution in [1.29, 1.82) is 0 Å². The van der Waals surface area contributed by atoms with Crippen LogP contribution in [0.2, 0.25) is 0 Å². The van der Waals surface area contributed by atoms with Crippen molar-refractivity contribution in [3.8, 4) is 5.75 Å². The van der Waals surface area contributed by atoms with Gasteiger partial charge in [0, 0.05) is 6.07 Å². The van der Waals surface area contributed by atoms with E-state index in [0.29, 0.717) is 5.75 Å². The van der Waals surface area contributed by atoms with Crippen LogP contribution >= 0.6 is 12.2 Å². The van der Waals surface area contributed by atoms with Crippen molar-refractivity contribution < 1.29 is 24.5 Å². The summed E-state index contributed by atoms with van der Waals surface area (Å²) in [6, 6.07) is 4.39. The molecule has 0 aliphatic carbocycles. The third-order valence-electron chi connectivity index (χ3n) is 2.43. The zero-order chi connectivity index (χ0) is 13.4. The molecule has 0 unspecified atom stereocenters. The Balaban J connectivity index is 2.97. The predicted octanol–water partition coefficient (Wildman–Crippen LogP) is 2.23. The Bertz CT molecular complexity index is 715. The molecule has 18 heavy (non-hydrogen) atoms. The topological polar surface area (TPSA) is 93.7 Å². The predicted molar refractivity (Wildman–Crippen MR) is 64.2 cm³/mol. The fourth-order valence-corrected chi connectivity index (χ4v) is 2.03. The summed E-state index contributed by atoms with van der Waals surface area (Å²) in [4.78, 5) is 22.2. The van der Waals surface area contributed by atoms with Crippen LogP contribution in [-0.2, 0) is 0 Å². The van der Waals surface area contributed by atoms with E-state index in [9.17, 15) is 9.59 Å². The van der Waals surface area contributed by atoms with E-state index in [2.05, 4.69) is 0 Å². The highest BCUT2D eigenvalue weighted by molar-refractivity contribution is 7.71. The molecule has 0 amide bonds. The van der Waals surface area contributed by atoms with Crippen molar-refractivity contribution in [3.63, 3.8) is 0 Å². The second-order valence-electron chi connectivity index (χ2n) is 3.37. The molecular weight excluding hydrogens is 260 g/mol. The molecule has 0 spiro atoms. The zero-order valence-corrected chi connectivity index (χ0v) is 9.97. The van der Waals surface area contributed by atoms with E-state index in [-0.39, 0.29) is 15.8 Å². The van der Waals surface area contributed by atoms with Gasteiger partial charge < -0.3 is 14.9 Å². The molecule has 0 aliphatic rings. The molecule has 0 saturated heterocycles. The summed E-state index contributed by atoms with van der Waals surface area (Å²) in [6.07, 6.45) is -2.69. The van der Waals surface area contributed by atoms with Gasteiger partial charge in [0.15, 0.2) is 4.77 Å². The Morgan fingerprint density at radius 1 is 1.17 bits per heavy atom. The molecule has 0 aliphatic heterocycles. The van der Waals surface area contributed by atoms with Gasteiger partial charge in [-0.1, -0.05) is 0 Å². The summed E-state index contributed by atoms with van der Waals surface area (Å²) in [5.41, 5.74) is 0.352. The Hall–Kier alpha value is -2.35. The maximum absolute atomic E-state index is 11.1. The second kappa shape index (κ2) is 4.15. The van der Waals surface area contributed by atoms with Crippen LogP contribution in [0.3, 0.4) is 0 Å². The van der Waals surface area contributed by atoms with Crippen LogP contribution in [-0.4, -0.2) is 38.6 Å². The second-order valence-corrected chi connectivity index (χ2v) is 3.74. The highest BCUT2D eigenvalue weighted by Crippen LogP contribution is 2.23. The van der Waals surface area contributed by atoms with Gasteiger partial charge in [-0.05, 0) is 24.4 Å². The Morgan fingerprint density at radius 3 is 2.22 bits per heavy atom. The number of carboxylic acid groups (broad SMARTS) is 2. The number of rotatable bonds is 1. The largest absolute Gasteiger partial charge is 0.497 e. The van der Waals surface area contributed by atoms with Crippen LogP contribution in [0.15, 0.2) is 18.2 Å². The van der Waals surface area contributed by atoms with Gasteiger partial charge in [-0.15, -0.1) is 0 Å². The molecule has 2 rings (SSSR count). The number of ether oxygens (including phenoxy) is 1. The first kappa shape index (κ1) is 12.1. The molecule has 0 bridgehead atoms. The van der Waals surface area contributed by atoms with Gasteiger partial charge in [-0.3, -0.25) is 0 Å². The molecule has 7 nitrogen and oxygen atoms in total. The van der Waals surface area contributed by atoms with Gasteiger partial charge in [0.2, 0.25) is 0 Å². The van der Waals surface area contributed by atoms with Gasteiger partial charge >= 0.3 is 12.2 Å². The van der Waals surface area contributed by atoms with Crippen molar-refractivity contribution in [3.05, 3.63) is 23.0 Å². The molecule has 8 heteroatoms. The molecule has 0 atom stereocenters. The van der Waals surface area contributed by atoms with Crippen molar-refractivity contribution in [2.45, 2.75) is 0 Å². The quantitative estimate of drug-likeness (QED) is 0.770. The molecular formula is C10H8N2O5S. The molecule has 0 radical (unpaired) electrons. The summed E-state index contributed by atoms with van der Waals surface area (Å²) in [7, 11) is 1.43. The molecule has 2 N–H and O–H groups in total. The smallest absolute Gasteiger partial charge is 0.418 e. The molecule has 0 fully saturated rings. The summed E-state index contributed by atoms with van der Waals surface area (Å²) in [6.45, 7) is 0. The number of hydrogen-bond donors (Lipinski definition) is 2. The normalized spacial score (nSPS) is 10.5. The highest BCUT2D eigenvalue weighted by atomic mass is 32.1. The van der Waals surface area contributed by atoms with Crippen LogP contribution in [0.25, 0.3) is 11.0 Å². The number of carbonyl (C=O) groups is 2. The molecule has 94 valence electrons. The van der Waals surface area contributed by atoms with E-state index in [4.69, 9.17) is 27.2 Å². The first-order chi connectivity index (χ1) is 8.47. The van der Waals surface area contributed by atoms with Gasteiger partial charge in [-0.2, -0.15) is 0 Å². The highest BCUT2D eigenvalue weighted by Gasteiger charge is 2.19. The summed E-state index contributed by atoms with van der Waals surface area (Å²) < 4.78 is 6.11. The number of benzene rings is 1. The maximum Gasteiger partial charge on any atom is 0.418 e. The zero-order valence-electron chi connectivity index (χ0n) is 9.15. The molecule has 1 heterocycles. The van der Waals surface area contributed by atoms with E-state index in [1.54, 1.807) is 0 Å². The number of imidazole rings is 1. The van der Waals surface area contributed by atoms with E-state index in [1.807, 2.05) is 0 Å². The van der Waals surface area contributed by atoms with E-state index >= 15 is 0 Å². The van der Waals surface area contributed by atoms with Gasteiger partial charge in [0.1, 0.15) is 5.75 Å². The van der Waals surface area contributed by atoms with Crippen LogP contribution < -0.4 is 4.74 Å². The van der Waals surface area contributed by atoms with Gasteiger partial charge in [0.25, 0.3) is 0 Å².